The van der Waals surface area contributed by atoms with Crippen LogP contribution in [0, 0.1) is 5.92 Å². The number of aromatic nitrogens is 1. The van der Waals surface area contributed by atoms with E-state index in [0.29, 0.717) is 0 Å². The lowest BCUT2D eigenvalue weighted by atomic mass is 9.69. The molecule has 1 aromatic heterocycles. The summed E-state index contributed by atoms with van der Waals surface area (Å²) in [6.45, 7) is 2.03. The zero-order chi connectivity index (χ0) is 37.8. The van der Waals surface area contributed by atoms with Crippen LogP contribution < -0.4 is 16.0 Å². The van der Waals surface area contributed by atoms with Crippen molar-refractivity contribution in [2.45, 2.75) is 24.4 Å². The molecule has 57 heavy (non-hydrogen) atoms. The van der Waals surface area contributed by atoms with Crippen LogP contribution in [-0.4, -0.2) is 16.8 Å². The Balaban J connectivity index is 0.951. The Labute approximate surface area is 332 Å². The molecule has 3 aliphatic heterocycles. The van der Waals surface area contributed by atoms with Crippen molar-refractivity contribution in [1.29, 1.82) is 0 Å². The first-order valence-corrected chi connectivity index (χ1v) is 19.9. The van der Waals surface area contributed by atoms with Crippen molar-refractivity contribution in [3.8, 4) is 27.9 Å². The number of hydrogen-bond donors (Lipinski definition) is 2. The molecule has 3 N–H and O–H groups in total. The molecule has 2 aliphatic carbocycles. The summed E-state index contributed by atoms with van der Waals surface area (Å²) < 4.78 is 2.41. The van der Waals surface area contributed by atoms with Crippen molar-refractivity contribution in [3.05, 3.63) is 215 Å². The first-order chi connectivity index (χ1) is 28.2. The molecule has 0 saturated heterocycles. The predicted molar refractivity (Wildman–Crippen MR) is 235 cm³/mol. The molecule has 0 radical (unpaired) electrons. The van der Waals surface area contributed by atoms with Crippen LogP contribution in [-0.2, 0) is 5.41 Å². The molecular formula is C52H39N5. The van der Waals surface area contributed by atoms with E-state index in [2.05, 4.69) is 190 Å². The highest BCUT2D eigenvalue weighted by molar-refractivity contribution is 6.02. The van der Waals surface area contributed by atoms with E-state index in [4.69, 9.17) is 5.73 Å². The second kappa shape index (κ2) is 11.9. The molecule has 12 rings (SSSR count). The lowest BCUT2D eigenvalue weighted by molar-refractivity contribution is 0.719. The fourth-order valence-corrected chi connectivity index (χ4v) is 10.7. The Morgan fingerprint density at radius 1 is 0.702 bits per heavy atom. The van der Waals surface area contributed by atoms with Crippen LogP contribution in [0.3, 0.4) is 0 Å². The van der Waals surface area contributed by atoms with E-state index in [0.717, 1.165) is 39.7 Å². The summed E-state index contributed by atoms with van der Waals surface area (Å²) in [6, 6.07) is 53.9. The highest BCUT2D eigenvalue weighted by atomic mass is 15.3. The number of aliphatic imine (C=N–C) groups is 1. The summed E-state index contributed by atoms with van der Waals surface area (Å²) in [4.78, 5) is 6.66. The lowest BCUT2D eigenvalue weighted by Crippen LogP contribution is -2.36. The van der Waals surface area contributed by atoms with Gasteiger partial charge in [0.2, 0.25) is 0 Å². The quantitative estimate of drug-likeness (QED) is 0.189. The van der Waals surface area contributed by atoms with Gasteiger partial charge in [0.1, 0.15) is 11.6 Å². The number of nitrogens with one attached hydrogen (secondary N) is 1. The fourth-order valence-electron chi connectivity index (χ4n) is 10.7. The van der Waals surface area contributed by atoms with Crippen LogP contribution in [0.15, 0.2) is 192 Å². The normalized spacial score (nSPS) is 20.3. The summed E-state index contributed by atoms with van der Waals surface area (Å²) in [5, 5.41) is 5.40. The van der Waals surface area contributed by atoms with Gasteiger partial charge in [-0.1, -0.05) is 127 Å². The minimum Gasteiger partial charge on any atom is -0.385 e. The number of benzene rings is 6. The monoisotopic (exact) mass is 733 g/mol. The number of nitrogens with two attached hydrogens (primary N) is 1. The summed E-state index contributed by atoms with van der Waals surface area (Å²) in [6.07, 6.45) is 12.7. The molecule has 5 heteroatoms. The van der Waals surface area contributed by atoms with E-state index < -0.39 is 0 Å². The molecule has 5 nitrogen and oxygen atoms in total. The fraction of sp³-hybridized carbons (Fsp3) is 0.0962. The molecule has 0 saturated carbocycles. The molecule has 7 aromatic rings. The van der Waals surface area contributed by atoms with Gasteiger partial charge in [0.25, 0.3) is 0 Å². The molecule has 0 fully saturated rings. The predicted octanol–water partition coefficient (Wildman–Crippen LogP) is 11.3. The van der Waals surface area contributed by atoms with E-state index in [-0.39, 0.29) is 23.4 Å². The number of hydrogen-bond acceptors (Lipinski definition) is 4. The Bertz CT molecular complexity index is 2930. The highest BCUT2D eigenvalue weighted by Crippen LogP contribution is 2.65. The highest BCUT2D eigenvalue weighted by Gasteiger charge is 2.56. The van der Waals surface area contributed by atoms with Gasteiger partial charge in [-0.25, -0.2) is 0 Å². The van der Waals surface area contributed by atoms with Crippen molar-refractivity contribution >= 4 is 34.7 Å². The van der Waals surface area contributed by atoms with Gasteiger partial charge < -0.3 is 16.0 Å². The molecular weight excluding hydrogens is 695 g/mol. The van der Waals surface area contributed by atoms with Gasteiger partial charge in [-0.05, 0) is 99.5 Å². The van der Waals surface area contributed by atoms with Crippen molar-refractivity contribution in [2.24, 2.45) is 16.6 Å². The SMILES string of the molecule is C/C=C\C1=C(N)N(c2ccc(-c3ccc(-n4c5c(c6ccccc64)C=C4C(N5)c5ccccc5C45c4ccccc4-c4ccccc45)cc3)cc2)C2C=CN=C[C@@H]12. The molecule has 6 aromatic carbocycles. The van der Waals surface area contributed by atoms with Crippen molar-refractivity contribution in [2.75, 3.05) is 10.2 Å². The van der Waals surface area contributed by atoms with E-state index in [9.17, 15) is 0 Å². The van der Waals surface area contributed by atoms with Crippen molar-refractivity contribution in [1.82, 2.24) is 4.57 Å². The van der Waals surface area contributed by atoms with Gasteiger partial charge in [0.05, 0.1) is 23.0 Å². The van der Waals surface area contributed by atoms with Crippen LogP contribution in [0.2, 0.25) is 0 Å². The third-order valence-corrected chi connectivity index (χ3v) is 13.0. The number of nitrogens with zero attached hydrogens (tertiary/aromatic N) is 3. The van der Waals surface area contributed by atoms with Crippen LogP contribution in [0.1, 0.15) is 40.8 Å². The summed E-state index contributed by atoms with van der Waals surface area (Å²) in [7, 11) is 0. The molecule has 0 bridgehead atoms. The minimum atomic E-state index is -0.367. The zero-order valence-electron chi connectivity index (χ0n) is 31.5. The first-order valence-electron chi connectivity index (χ1n) is 19.9. The average molecular weight is 734 g/mol. The molecule has 3 atom stereocenters. The molecule has 2 unspecified atom stereocenters. The molecule has 0 amide bonds. The minimum absolute atomic E-state index is 0.0222. The third-order valence-electron chi connectivity index (χ3n) is 13.0. The van der Waals surface area contributed by atoms with Crippen molar-refractivity contribution in [3.63, 3.8) is 0 Å². The molecule has 272 valence electrons. The second-order valence-electron chi connectivity index (χ2n) is 15.7. The first kappa shape index (κ1) is 32.2. The van der Waals surface area contributed by atoms with E-state index >= 15 is 0 Å². The molecule has 4 heterocycles. The smallest absolute Gasteiger partial charge is 0.119 e. The number of allylic oxidation sites excluding steroid dienone is 2. The van der Waals surface area contributed by atoms with E-state index in [1.54, 1.807) is 0 Å². The van der Waals surface area contributed by atoms with Crippen molar-refractivity contribution < 1.29 is 0 Å². The number of para-hydroxylation sites is 1. The Morgan fingerprint density at radius 3 is 2.05 bits per heavy atom. The maximum atomic E-state index is 6.77. The standard InChI is InChI=1S/C52H39N5/c1-2-11-39-42-31-54-29-28-48(42)56(50(39)53)34-24-20-32(21-25-34)33-22-26-35(27-23-33)57-47-19-10-6-14-38(47)41-30-46-49(55-51(41)57)40-15-5-9-18-45(40)52(46)43-16-7-3-12-36(43)37-13-4-8-17-44(37)52/h2-31,42,48-49,55H,53H2,1H3/b11-2-/t42-,48?,49?/m0/s1. The number of rotatable bonds is 4. The van der Waals surface area contributed by atoms with Gasteiger partial charge >= 0.3 is 0 Å². The van der Waals surface area contributed by atoms with Crippen LogP contribution >= 0.6 is 0 Å². The van der Waals surface area contributed by atoms with Gasteiger partial charge in [0, 0.05) is 46.2 Å². The Hall–Kier alpha value is -7.11. The second-order valence-corrected chi connectivity index (χ2v) is 15.7. The van der Waals surface area contributed by atoms with Gasteiger partial charge in [-0.3, -0.25) is 9.56 Å². The third kappa shape index (κ3) is 4.26. The van der Waals surface area contributed by atoms with Gasteiger partial charge in [0.15, 0.2) is 0 Å². The maximum Gasteiger partial charge on any atom is 0.119 e. The van der Waals surface area contributed by atoms with Gasteiger partial charge in [-0.2, -0.15) is 0 Å². The Morgan fingerprint density at radius 2 is 1.33 bits per heavy atom. The van der Waals surface area contributed by atoms with Crippen LogP contribution in [0.5, 0.6) is 0 Å². The van der Waals surface area contributed by atoms with E-state index in [1.807, 2.05) is 19.3 Å². The van der Waals surface area contributed by atoms with Gasteiger partial charge in [-0.15, -0.1) is 0 Å². The topological polar surface area (TPSA) is 58.6 Å². The Kier molecular flexibility index (Phi) is 6.74. The number of fused-ring (bicyclic) bond motifs is 14. The molecule has 5 aliphatic rings. The molecule has 1 spiro atoms. The summed E-state index contributed by atoms with van der Waals surface area (Å²) in [5.74, 6) is 2.05. The van der Waals surface area contributed by atoms with Crippen LogP contribution in [0.25, 0.3) is 44.9 Å². The summed E-state index contributed by atoms with van der Waals surface area (Å²) in [5.41, 5.74) is 23.9. The zero-order valence-corrected chi connectivity index (χ0v) is 31.5. The van der Waals surface area contributed by atoms with Crippen LogP contribution in [0.4, 0.5) is 11.5 Å². The van der Waals surface area contributed by atoms with E-state index in [1.165, 1.54) is 55.4 Å². The summed E-state index contributed by atoms with van der Waals surface area (Å²) >= 11 is 0. The largest absolute Gasteiger partial charge is 0.385 e. The number of anilines is 2. The lowest BCUT2D eigenvalue weighted by Gasteiger charge is -2.34. The maximum absolute atomic E-state index is 6.77. The average Bonchev–Trinajstić information content (AvgIpc) is 3.95.